The topological polar surface area (TPSA) is 122 Å². The van der Waals surface area contributed by atoms with E-state index in [0.29, 0.717) is 17.9 Å². The molecule has 0 aromatic carbocycles. The first kappa shape index (κ1) is 21.4. The van der Waals surface area contributed by atoms with Gasteiger partial charge < -0.3 is 30.6 Å². The average molecular weight is 437 g/mol. The number of nitrogens with one attached hydrogen (secondary N) is 2. The number of amides is 2. The largest absolute Gasteiger partial charge is 0.477 e. The van der Waals surface area contributed by atoms with E-state index in [1.54, 1.807) is 13.0 Å². The third-order valence-electron chi connectivity index (χ3n) is 6.22. The first-order valence-electron chi connectivity index (χ1n) is 10.4. The van der Waals surface area contributed by atoms with Crippen LogP contribution in [0.1, 0.15) is 19.8 Å². The normalized spacial score (nSPS) is 32.5. The first-order chi connectivity index (χ1) is 14.4. The molecule has 30 heavy (non-hydrogen) atoms. The monoisotopic (exact) mass is 436 g/mol. The Hall–Kier alpha value is -1.88. The zero-order valence-corrected chi connectivity index (χ0v) is 17.7. The minimum absolute atomic E-state index is 0.0214. The quantitative estimate of drug-likeness (QED) is 0.320. The number of aliphatic hydroxyl groups is 1. The lowest BCUT2D eigenvalue weighted by atomic mass is 9.83. The number of carbonyl (C=O) groups is 3. The molecule has 0 spiro atoms. The number of thioether (sulfide) groups is 1. The number of carboxylic acids is 1. The van der Waals surface area contributed by atoms with Crippen LogP contribution >= 0.6 is 11.8 Å². The highest BCUT2D eigenvalue weighted by Gasteiger charge is 2.57. The lowest BCUT2D eigenvalue weighted by Gasteiger charge is -2.44. The molecule has 0 radical (unpaired) electrons. The van der Waals surface area contributed by atoms with Crippen molar-refractivity contribution in [2.45, 2.75) is 43.2 Å². The lowest BCUT2D eigenvalue weighted by Crippen LogP contribution is -2.61. The summed E-state index contributed by atoms with van der Waals surface area (Å²) in [5, 5.41) is 26.3. The first-order valence-corrected chi connectivity index (χ1v) is 11.3. The van der Waals surface area contributed by atoms with Gasteiger partial charge in [-0.1, -0.05) is 6.08 Å². The van der Waals surface area contributed by atoms with Crippen LogP contribution in [-0.2, 0) is 14.4 Å². The van der Waals surface area contributed by atoms with E-state index in [1.807, 2.05) is 11.0 Å². The summed E-state index contributed by atoms with van der Waals surface area (Å²) in [4.78, 5) is 40.3. The van der Waals surface area contributed by atoms with E-state index in [2.05, 4.69) is 10.6 Å². The van der Waals surface area contributed by atoms with Gasteiger partial charge in [0.2, 0.25) is 11.8 Å². The van der Waals surface area contributed by atoms with Crippen LogP contribution < -0.4 is 10.6 Å². The van der Waals surface area contributed by atoms with Crippen molar-refractivity contribution in [2.24, 2.45) is 5.92 Å². The van der Waals surface area contributed by atoms with Gasteiger partial charge in [0.15, 0.2) is 0 Å². The number of hydrogen-bond acceptors (Lipinski definition) is 7. The van der Waals surface area contributed by atoms with E-state index in [4.69, 9.17) is 0 Å². The van der Waals surface area contributed by atoms with Crippen LogP contribution in [0.2, 0.25) is 0 Å². The summed E-state index contributed by atoms with van der Waals surface area (Å²) in [5.74, 6) is -1.90. The van der Waals surface area contributed by atoms with Crippen molar-refractivity contribution in [1.82, 2.24) is 20.4 Å². The molecular formula is C20H28N4O5S. The van der Waals surface area contributed by atoms with Crippen LogP contribution in [-0.4, -0.2) is 94.0 Å². The number of aliphatic hydroxyl groups excluding tert-OH is 1. The molecular weight excluding hydrogens is 408 g/mol. The molecule has 2 amide bonds. The van der Waals surface area contributed by atoms with Gasteiger partial charge in [-0.05, 0) is 13.3 Å². The van der Waals surface area contributed by atoms with Gasteiger partial charge in [0, 0.05) is 61.4 Å². The Morgan fingerprint density at radius 1 is 1.30 bits per heavy atom. The molecule has 4 N–H and O–H groups in total. The number of hydrogen-bond donors (Lipinski definition) is 4. The molecule has 0 saturated carbocycles. The van der Waals surface area contributed by atoms with Crippen molar-refractivity contribution >= 4 is 29.5 Å². The van der Waals surface area contributed by atoms with E-state index < -0.39 is 18.0 Å². The second kappa shape index (κ2) is 8.70. The van der Waals surface area contributed by atoms with E-state index in [-0.39, 0.29) is 34.8 Å². The molecule has 0 aromatic rings. The molecule has 0 aliphatic carbocycles. The summed E-state index contributed by atoms with van der Waals surface area (Å²) in [6, 6.07) is -0.193. The maximum Gasteiger partial charge on any atom is 0.353 e. The molecule has 4 aliphatic rings. The van der Waals surface area contributed by atoms with Crippen LogP contribution in [0.3, 0.4) is 0 Å². The van der Waals surface area contributed by atoms with Gasteiger partial charge in [0.05, 0.1) is 18.1 Å². The Balaban J connectivity index is 1.35. The number of piperazine rings is 1. The van der Waals surface area contributed by atoms with E-state index in [1.165, 1.54) is 16.7 Å². The fraction of sp³-hybridized carbons (Fsp3) is 0.650. The fourth-order valence-electron chi connectivity index (χ4n) is 4.70. The summed E-state index contributed by atoms with van der Waals surface area (Å²) < 4.78 is 0. The molecule has 4 heterocycles. The van der Waals surface area contributed by atoms with E-state index in [0.717, 1.165) is 32.6 Å². The van der Waals surface area contributed by atoms with E-state index >= 15 is 0 Å². The summed E-state index contributed by atoms with van der Waals surface area (Å²) in [6.45, 7) is 5.35. The number of fused-ring (bicyclic) bond motifs is 1. The van der Waals surface area contributed by atoms with Crippen LogP contribution in [0.4, 0.5) is 0 Å². The Bertz CT molecular complexity index is 792. The molecule has 4 aliphatic heterocycles. The number of rotatable bonds is 6. The van der Waals surface area contributed by atoms with Gasteiger partial charge in [-0.25, -0.2) is 4.79 Å². The van der Waals surface area contributed by atoms with Crippen molar-refractivity contribution in [3.05, 3.63) is 22.8 Å². The minimum Gasteiger partial charge on any atom is -0.477 e. The van der Waals surface area contributed by atoms with Crippen LogP contribution in [0.25, 0.3) is 0 Å². The van der Waals surface area contributed by atoms with Crippen molar-refractivity contribution in [3.63, 3.8) is 0 Å². The maximum absolute atomic E-state index is 12.3. The van der Waals surface area contributed by atoms with Crippen molar-refractivity contribution < 1.29 is 24.6 Å². The molecule has 0 aromatic heterocycles. The highest BCUT2D eigenvalue weighted by atomic mass is 32.2. The summed E-state index contributed by atoms with van der Waals surface area (Å²) in [5.41, 5.74) is 0.0692. The van der Waals surface area contributed by atoms with Gasteiger partial charge >= 0.3 is 5.97 Å². The second-order valence-corrected chi connectivity index (χ2v) is 9.64. The summed E-state index contributed by atoms with van der Waals surface area (Å²) in [7, 11) is 0. The summed E-state index contributed by atoms with van der Waals surface area (Å²) in [6.07, 6.45) is 4.00. The van der Waals surface area contributed by atoms with E-state index in [9.17, 15) is 24.6 Å². The van der Waals surface area contributed by atoms with Crippen molar-refractivity contribution in [3.8, 4) is 0 Å². The van der Waals surface area contributed by atoms with Gasteiger partial charge in [0.25, 0.3) is 0 Å². The number of carbonyl (C=O) groups excluding carboxylic acids is 2. The van der Waals surface area contributed by atoms with Crippen LogP contribution in [0.15, 0.2) is 22.8 Å². The molecule has 0 bridgehead atoms. The predicted octanol–water partition coefficient (Wildman–Crippen LogP) is -0.654. The molecule has 4 rings (SSSR count). The Morgan fingerprint density at radius 3 is 2.70 bits per heavy atom. The zero-order chi connectivity index (χ0) is 21.4. The molecule has 5 atom stereocenters. The highest BCUT2D eigenvalue weighted by Crippen LogP contribution is 2.48. The van der Waals surface area contributed by atoms with Crippen molar-refractivity contribution in [1.29, 1.82) is 0 Å². The van der Waals surface area contributed by atoms with Gasteiger partial charge in [-0.15, -0.1) is 11.8 Å². The molecule has 164 valence electrons. The molecule has 3 fully saturated rings. The second-order valence-electron chi connectivity index (χ2n) is 8.25. The van der Waals surface area contributed by atoms with Gasteiger partial charge in [0.1, 0.15) is 5.70 Å². The molecule has 3 saturated heterocycles. The molecule has 10 heteroatoms. The number of nitrogens with zero attached hydrogens (tertiary/aromatic N) is 2. The zero-order valence-electron chi connectivity index (χ0n) is 16.9. The number of carboxylic acid groups (broad SMARTS) is 1. The predicted molar refractivity (Wildman–Crippen MR) is 111 cm³/mol. The molecule has 9 nitrogen and oxygen atoms in total. The number of aliphatic carboxylic acids is 1. The Morgan fingerprint density at radius 2 is 2.03 bits per heavy atom. The minimum atomic E-state index is -1.10. The number of β-lactam (4-membered cyclic amide) rings is 1. The standard InChI is InChI=1S/C20H28N4O5S/c1-11(25)17-14-9-15(18(20(28)29)24(14)19(17)27)30-13-8-12(22-10-13)2-3-16(26)23-6-4-21-5-7-23/h2-3,11-14,17,21-22,25H,4-10H2,1H3,(H,28,29)/b3-2-/t11-,12-,13+,14-,17-/m1/s1. The summed E-state index contributed by atoms with van der Waals surface area (Å²) >= 11 is 1.50. The van der Waals surface area contributed by atoms with Crippen LogP contribution in [0, 0.1) is 5.92 Å². The third kappa shape index (κ3) is 4.01. The van der Waals surface area contributed by atoms with Crippen LogP contribution in [0.5, 0.6) is 0 Å². The average Bonchev–Trinajstić information content (AvgIpc) is 3.29. The van der Waals surface area contributed by atoms with Gasteiger partial charge in [-0.2, -0.15) is 0 Å². The fourth-order valence-corrected chi connectivity index (χ4v) is 6.15. The smallest absolute Gasteiger partial charge is 0.353 e. The highest BCUT2D eigenvalue weighted by molar-refractivity contribution is 8.03. The maximum atomic E-state index is 12.3. The van der Waals surface area contributed by atoms with Crippen molar-refractivity contribution in [2.75, 3.05) is 32.7 Å². The van der Waals surface area contributed by atoms with Gasteiger partial charge in [-0.3, -0.25) is 9.59 Å². The Labute approximate surface area is 179 Å². The third-order valence-corrected chi connectivity index (χ3v) is 7.56. The SMILES string of the molecule is C[C@@H](O)[C@H]1C(=O)N2C(C(=O)O)=C(S[C@@H]3CN[C@H](/C=C\C(=O)N4CCNCC4)C3)C[C@H]12. The molecule has 0 unspecified atom stereocenters. The lowest BCUT2D eigenvalue weighted by molar-refractivity contribution is -0.161. The Kier molecular flexibility index (Phi) is 6.19.